The number of nitrogens with two attached hydrogens (primary N) is 1. The van der Waals surface area contributed by atoms with Crippen molar-refractivity contribution >= 4 is 27.9 Å². The van der Waals surface area contributed by atoms with Crippen LogP contribution in [-0.4, -0.2) is 42.8 Å². The van der Waals surface area contributed by atoms with E-state index in [4.69, 9.17) is 10.7 Å². The van der Waals surface area contributed by atoms with Gasteiger partial charge in [-0.15, -0.1) is 0 Å². The van der Waals surface area contributed by atoms with Gasteiger partial charge in [0.05, 0.1) is 12.2 Å². The Hall–Kier alpha value is -3.72. The first-order valence-corrected chi connectivity index (χ1v) is 12.1. The molecule has 0 spiro atoms. The van der Waals surface area contributed by atoms with Crippen molar-refractivity contribution in [1.29, 1.82) is 0 Å². The van der Waals surface area contributed by atoms with Crippen LogP contribution in [-0.2, 0) is 20.1 Å². The highest BCUT2D eigenvalue weighted by molar-refractivity contribution is 5.87. The second-order valence-electron chi connectivity index (χ2n) is 9.28. The molecule has 1 aliphatic heterocycles. The zero-order valence-electron chi connectivity index (χ0n) is 20.4. The van der Waals surface area contributed by atoms with Crippen LogP contribution in [0.5, 0.6) is 0 Å². The Balaban J connectivity index is 1.71. The molecule has 0 amide bonds. The molecular formula is C26H31N7O2. The number of benzene rings is 1. The lowest BCUT2D eigenvalue weighted by Gasteiger charge is -2.31. The lowest BCUT2D eigenvalue weighted by molar-refractivity contribution is 0.495. The molecule has 1 aliphatic rings. The van der Waals surface area contributed by atoms with Crippen molar-refractivity contribution in [2.75, 3.05) is 18.0 Å². The average molecular weight is 474 g/mol. The highest BCUT2D eigenvalue weighted by Crippen LogP contribution is 2.24. The van der Waals surface area contributed by atoms with E-state index < -0.39 is 5.69 Å². The van der Waals surface area contributed by atoms with Gasteiger partial charge in [-0.1, -0.05) is 36.4 Å². The minimum absolute atomic E-state index is 0.0556. The molecule has 182 valence electrons. The smallest absolute Gasteiger partial charge is 0.332 e. The molecule has 1 saturated heterocycles. The van der Waals surface area contributed by atoms with Crippen LogP contribution in [0.15, 0.2) is 52.2 Å². The summed E-state index contributed by atoms with van der Waals surface area (Å²) >= 11 is 0. The number of piperidine rings is 1. The van der Waals surface area contributed by atoms with Gasteiger partial charge in [-0.3, -0.25) is 18.9 Å². The molecular weight excluding hydrogens is 442 g/mol. The van der Waals surface area contributed by atoms with Crippen LogP contribution >= 0.6 is 0 Å². The molecule has 0 unspecified atom stereocenters. The summed E-state index contributed by atoms with van der Waals surface area (Å²) in [5, 5.41) is 2.00. The van der Waals surface area contributed by atoms with E-state index in [1.54, 1.807) is 13.2 Å². The van der Waals surface area contributed by atoms with Crippen molar-refractivity contribution in [3.05, 3.63) is 74.7 Å². The number of imidazole rings is 1. The third-order valence-electron chi connectivity index (χ3n) is 6.86. The predicted octanol–water partition coefficient (Wildman–Crippen LogP) is 2.31. The zero-order chi connectivity index (χ0) is 24.7. The van der Waals surface area contributed by atoms with Crippen LogP contribution < -0.4 is 21.9 Å². The fourth-order valence-corrected chi connectivity index (χ4v) is 4.98. The molecule has 4 aromatic rings. The molecule has 0 bridgehead atoms. The molecule has 1 atom stereocenters. The van der Waals surface area contributed by atoms with Crippen LogP contribution in [0.2, 0.25) is 0 Å². The van der Waals surface area contributed by atoms with Gasteiger partial charge in [0.15, 0.2) is 11.2 Å². The maximum absolute atomic E-state index is 13.8. The molecule has 1 aromatic carbocycles. The van der Waals surface area contributed by atoms with Gasteiger partial charge >= 0.3 is 5.69 Å². The van der Waals surface area contributed by atoms with Crippen LogP contribution in [0.1, 0.15) is 31.0 Å². The van der Waals surface area contributed by atoms with Crippen molar-refractivity contribution < 1.29 is 0 Å². The Morgan fingerprint density at radius 1 is 1.17 bits per heavy atom. The van der Waals surface area contributed by atoms with Gasteiger partial charge in [0.1, 0.15) is 0 Å². The second-order valence-corrected chi connectivity index (χ2v) is 9.28. The largest absolute Gasteiger partial charge is 0.341 e. The van der Waals surface area contributed by atoms with Crippen molar-refractivity contribution in [1.82, 2.24) is 23.7 Å². The summed E-state index contributed by atoms with van der Waals surface area (Å²) in [6, 6.07) is 7.98. The highest BCUT2D eigenvalue weighted by Gasteiger charge is 2.26. The lowest BCUT2D eigenvalue weighted by Crippen LogP contribution is -2.44. The summed E-state index contributed by atoms with van der Waals surface area (Å²) in [5.41, 5.74) is 8.00. The number of pyridine rings is 1. The van der Waals surface area contributed by atoms with Gasteiger partial charge in [-0.25, -0.2) is 4.79 Å². The Morgan fingerprint density at radius 3 is 2.69 bits per heavy atom. The molecule has 5 rings (SSSR count). The summed E-state index contributed by atoms with van der Waals surface area (Å²) in [6.45, 7) is 5.99. The number of hydrogen-bond acceptors (Lipinski definition) is 6. The van der Waals surface area contributed by atoms with Crippen molar-refractivity contribution in [3.8, 4) is 0 Å². The SMILES string of the molecule is C/C=C/Cn1c(N2CCC[C@H](N)C2)nc2c1c(=O)n(Cc1ncc(C)c3ccccc13)c(=O)n2C. The summed E-state index contributed by atoms with van der Waals surface area (Å²) in [4.78, 5) is 38.7. The van der Waals surface area contributed by atoms with Crippen molar-refractivity contribution in [2.45, 2.75) is 45.8 Å². The third kappa shape index (κ3) is 3.95. The normalized spacial score (nSPS) is 16.7. The van der Waals surface area contributed by atoms with Crippen LogP contribution in [0.4, 0.5) is 5.95 Å². The molecule has 3 aromatic heterocycles. The minimum Gasteiger partial charge on any atom is -0.341 e. The fraction of sp³-hybridized carbons (Fsp3) is 0.385. The number of hydrogen-bond donors (Lipinski definition) is 1. The first-order valence-electron chi connectivity index (χ1n) is 12.1. The van der Waals surface area contributed by atoms with Crippen molar-refractivity contribution in [3.63, 3.8) is 0 Å². The van der Waals surface area contributed by atoms with Gasteiger partial charge in [-0.05, 0) is 37.6 Å². The van der Waals surface area contributed by atoms with Crippen LogP contribution in [0.3, 0.4) is 0 Å². The molecule has 9 nitrogen and oxygen atoms in total. The number of aromatic nitrogens is 5. The summed E-state index contributed by atoms with van der Waals surface area (Å²) in [6.07, 6.45) is 7.65. The van der Waals surface area contributed by atoms with Crippen molar-refractivity contribution in [2.24, 2.45) is 12.8 Å². The van der Waals surface area contributed by atoms with E-state index in [1.807, 2.05) is 54.8 Å². The standard InChI is InChI=1S/C26H31N7O2/c1-4-5-13-32-22-23(29-25(32)31-12-8-9-18(27)15-31)30(3)26(35)33(24(22)34)16-21-20-11-7-6-10-19(20)17(2)14-28-21/h4-7,10-11,14,18H,8-9,12-13,15-16,27H2,1-3H3/b5-4+/t18-/m0/s1. The number of anilines is 1. The van der Waals surface area contributed by atoms with Gasteiger partial charge < -0.3 is 15.2 Å². The third-order valence-corrected chi connectivity index (χ3v) is 6.86. The molecule has 1 fully saturated rings. The van der Waals surface area contributed by atoms with E-state index in [-0.39, 0.29) is 18.1 Å². The lowest BCUT2D eigenvalue weighted by atomic mass is 10.1. The first-order chi connectivity index (χ1) is 16.9. The molecule has 0 aliphatic carbocycles. The monoisotopic (exact) mass is 473 g/mol. The van der Waals surface area contributed by atoms with E-state index in [9.17, 15) is 9.59 Å². The van der Waals surface area contributed by atoms with Gasteiger partial charge in [0, 0.05) is 44.3 Å². The number of nitrogens with zero attached hydrogens (tertiary/aromatic N) is 6. The number of fused-ring (bicyclic) bond motifs is 2. The summed E-state index contributed by atoms with van der Waals surface area (Å²) in [7, 11) is 1.67. The Labute approximate surface area is 203 Å². The number of allylic oxidation sites excluding steroid dienone is 2. The minimum atomic E-state index is -0.411. The van der Waals surface area contributed by atoms with Gasteiger partial charge in [-0.2, -0.15) is 4.98 Å². The van der Waals surface area contributed by atoms with E-state index in [0.717, 1.165) is 35.7 Å². The second kappa shape index (κ2) is 9.14. The quantitative estimate of drug-likeness (QED) is 0.446. The van der Waals surface area contributed by atoms with Crippen LogP contribution in [0.25, 0.3) is 21.9 Å². The first kappa shape index (κ1) is 23.0. The molecule has 35 heavy (non-hydrogen) atoms. The topological polar surface area (TPSA) is 104 Å². The zero-order valence-corrected chi connectivity index (χ0v) is 20.4. The maximum Gasteiger partial charge on any atom is 0.332 e. The number of rotatable bonds is 5. The number of aryl methyl sites for hydroxylation is 2. The van der Waals surface area contributed by atoms with Gasteiger partial charge in [0.2, 0.25) is 5.95 Å². The van der Waals surface area contributed by atoms with E-state index in [2.05, 4.69) is 9.88 Å². The van der Waals surface area contributed by atoms with Crippen LogP contribution in [0, 0.1) is 6.92 Å². The van der Waals surface area contributed by atoms with Gasteiger partial charge in [0.25, 0.3) is 5.56 Å². The molecule has 9 heteroatoms. The predicted molar refractivity (Wildman–Crippen MR) is 139 cm³/mol. The maximum atomic E-state index is 13.8. The molecule has 4 heterocycles. The molecule has 0 saturated carbocycles. The van der Waals surface area contributed by atoms with E-state index in [0.29, 0.717) is 35.9 Å². The summed E-state index contributed by atoms with van der Waals surface area (Å²) < 4.78 is 4.64. The molecule has 0 radical (unpaired) electrons. The molecule has 2 N–H and O–H groups in total. The highest BCUT2D eigenvalue weighted by atomic mass is 16.2. The summed E-state index contributed by atoms with van der Waals surface area (Å²) in [5.74, 6) is 0.678. The Bertz CT molecular complexity index is 1560. The van der Waals surface area contributed by atoms with E-state index >= 15 is 0 Å². The Morgan fingerprint density at radius 2 is 1.94 bits per heavy atom. The van der Waals surface area contributed by atoms with E-state index in [1.165, 1.54) is 9.13 Å². The Kier molecular flexibility index (Phi) is 6.02. The average Bonchev–Trinajstić information content (AvgIpc) is 3.25. The fourth-order valence-electron chi connectivity index (χ4n) is 4.98.